The molecule has 1 heterocycles. The average Bonchev–Trinajstić information content (AvgIpc) is 3.06. The van der Waals surface area contributed by atoms with Crippen molar-refractivity contribution in [3.05, 3.63) is 36.0 Å². The number of nitrogens with one attached hydrogen (secondary N) is 1. The molecule has 1 aromatic heterocycles. The average molecular weight is 228 g/mol. The highest BCUT2D eigenvalue weighted by Crippen LogP contribution is 2.23. The third kappa shape index (κ3) is 2.22. The molecule has 0 saturated heterocycles. The zero-order valence-corrected chi connectivity index (χ0v) is 10.6. The van der Waals surface area contributed by atoms with Crippen molar-refractivity contribution in [2.24, 2.45) is 7.05 Å². The lowest BCUT2D eigenvalue weighted by Gasteiger charge is -2.12. The van der Waals surface area contributed by atoms with E-state index in [4.69, 9.17) is 0 Å². The van der Waals surface area contributed by atoms with Crippen LogP contribution in [-0.2, 0) is 13.5 Å². The van der Waals surface area contributed by atoms with Crippen LogP contribution in [0.25, 0.3) is 10.9 Å². The first-order valence-corrected chi connectivity index (χ1v) is 6.53. The third-order valence-corrected chi connectivity index (χ3v) is 3.60. The van der Waals surface area contributed by atoms with Gasteiger partial charge in [0.2, 0.25) is 0 Å². The maximum absolute atomic E-state index is 3.67. The molecule has 0 spiro atoms. The quantitative estimate of drug-likeness (QED) is 0.851. The van der Waals surface area contributed by atoms with Crippen molar-refractivity contribution in [3.63, 3.8) is 0 Å². The highest BCUT2D eigenvalue weighted by molar-refractivity contribution is 5.83. The Hall–Kier alpha value is -1.28. The van der Waals surface area contributed by atoms with E-state index in [9.17, 15) is 0 Å². The molecule has 1 aliphatic carbocycles. The Bertz CT molecular complexity index is 523. The maximum Gasteiger partial charge on any atom is 0.0480 e. The molecule has 90 valence electrons. The number of para-hydroxylation sites is 1. The van der Waals surface area contributed by atoms with Gasteiger partial charge in [-0.2, -0.15) is 0 Å². The molecule has 0 radical (unpaired) electrons. The summed E-state index contributed by atoms with van der Waals surface area (Å²) in [4.78, 5) is 0. The van der Waals surface area contributed by atoms with Crippen LogP contribution in [0.15, 0.2) is 30.5 Å². The summed E-state index contributed by atoms with van der Waals surface area (Å²) in [6.45, 7) is 2.29. The molecule has 1 aliphatic rings. The minimum Gasteiger partial charge on any atom is -0.350 e. The SMILES string of the molecule is CC(Cc1cn(C)c2ccccc12)NC1CC1. The van der Waals surface area contributed by atoms with Crippen molar-refractivity contribution in [3.8, 4) is 0 Å². The summed E-state index contributed by atoms with van der Waals surface area (Å²) >= 11 is 0. The van der Waals surface area contributed by atoms with E-state index in [2.05, 4.69) is 54.3 Å². The lowest BCUT2D eigenvalue weighted by atomic mass is 10.1. The normalized spacial score (nSPS) is 17.5. The molecule has 3 rings (SSSR count). The van der Waals surface area contributed by atoms with Crippen LogP contribution in [0.3, 0.4) is 0 Å². The topological polar surface area (TPSA) is 17.0 Å². The zero-order valence-electron chi connectivity index (χ0n) is 10.6. The van der Waals surface area contributed by atoms with Crippen molar-refractivity contribution in [1.29, 1.82) is 0 Å². The monoisotopic (exact) mass is 228 g/mol. The van der Waals surface area contributed by atoms with Crippen molar-refractivity contribution >= 4 is 10.9 Å². The highest BCUT2D eigenvalue weighted by Gasteiger charge is 2.23. The molecule has 1 aromatic carbocycles. The Morgan fingerprint density at radius 2 is 2.12 bits per heavy atom. The van der Waals surface area contributed by atoms with E-state index in [1.165, 1.54) is 29.3 Å². The first-order valence-electron chi connectivity index (χ1n) is 6.53. The Morgan fingerprint density at radius 1 is 1.35 bits per heavy atom. The van der Waals surface area contributed by atoms with Gasteiger partial charge in [-0.05, 0) is 37.8 Å². The van der Waals surface area contributed by atoms with Gasteiger partial charge in [0.05, 0.1) is 0 Å². The number of nitrogens with zero attached hydrogens (tertiary/aromatic N) is 1. The summed E-state index contributed by atoms with van der Waals surface area (Å²) in [5.41, 5.74) is 2.80. The third-order valence-electron chi connectivity index (χ3n) is 3.60. The number of benzene rings is 1. The van der Waals surface area contributed by atoms with Gasteiger partial charge in [0.25, 0.3) is 0 Å². The number of hydrogen-bond donors (Lipinski definition) is 1. The molecule has 0 aliphatic heterocycles. The number of aryl methyl sites for hydroxylation is 1. The van der Waals surface area contributed by atoms with Crippen LogP contribution < -0.4 is 5.32 Å². The molecule has 1 atom stereocenters. The minimum absolute atomic E-state index is 0.577. The number of fused-ring (bicyclic) bond motifs is 1. The minimum atomic E-state index is 0.577. The predicted molar refractivity (Wildman–Crippen MR) is 72.2 cm³/mol. The molecule has 1 saturated carbocycles. The van der Waals surface area contributed by atoms with Crippen LogP contribution in [-0.4, -0.2) is 16.7 Å². The van der Waals surface area contributed by atoms with E-state index in [1.54, 1.807) is 0 Å². The zero-order chi connectivity index (χ0) is 11.8. The van der Waals surface area contributed by atoms with E-state index in [0.717, 1.165) is 12.5 Å². The molecule has 17 heavy (non-hydrogen) atoms. The van der Waals surface area contributed by atoms with Crippen molar-refractivity contribution in [2.45, 2.75) is 38.3 Å². The fourth-order valence-electron chi connectivity index (χ4n) is 2.63. The van der Waals surface area contributed by atoms with Gasteiger partial charge in [-0.1, -0.05) is 18.2 Å². The number of hydrogen-bond acceptors (Lipinski definition) is 1. The maximum atomic E-state index is 3.67. The van der Waals surface area contributed by atoms with Gasteiger partial charge in [0, 0.05) is 36.2 Å². The molecular formula is C15H20N2. The van der Waals surface area contributed by atoms with Crippen LogP contribution in [0, 0.1) is 0 Å². The second kappa shape index (κ2) is 4.19. The Balaban J connectivity index is 1.83. The van der Waals surface area contributed by atoms with E-state index < -0.39 is 0 Å². The van der Waals surface area contributed by atoms with Gasteiger partial charge in [0.15, 0.2) is 0 Å². The Labute approximate surface area is 103 Å². The second-order valence-electron chi connectivity index (χ2n) is 5.33. The fourth-order valence-corrected chi connectivity index (χ4v) is 2.63. The molecule has 2 nitrogen and oxygen atoms in total. The van der Waals surface area contributed by atoms with Gasteiger partial charge >= 0.3 is 0 Å². The molecule has 1 unspecified atom stereocenters. The Kier molecular flexibility index (Phi) is 2.67. The van der Waals surface area contributed by atoms with Crippen molar-refractivity contribution in [1.82, 2.24) is 9.88 Å². The van der Waals surface area contributed by atoms with Crippen LogP contribution in [0.2, 0.25) is 0 Å². The van der Waals surface area contributed by atoms with Gasteiger partial charge in [-0.15, -0.1) is 0 Å². The van der Waals surface area contributed by atoms with Gasteiger partial charge in [-0.3, -0.25) is 0 Å². The number of aromatic nitrogens is 1. The summed E-state index contributed by atoms with van der Waals surface area (Å²) in [7, 11) is 2.13. The molecule has 0 bridgehead atoms. The molecular weight excluding hydrogens is 208 g/mol. The second-order valence-corrected chi connectivity index (χ2v) is 5.33. The number of rotatable bonds is 4. The molecule has 0 amide bonds. The van der Waals surface area contributed by atoms with E-state index in [0.29, 0.717) is 6.04 Å². The van der Waals surface area contributed by atoms with Gasteiger partial charge in [-0.25, -0.2) is 0 Å². The van der Waals surface area contributed by atoms with Crippen LogP contribution in [0.1, 0.15) is 25.3 Å². The summed E-state index contributed by atoms with van der Waals surface area (Å²) in [6.07, 6.45) is 6.12. The predicted octanol–water partition coefficient (Wildman–Crippen LogP) is 2.86. The lowest BCUT2D eigenvalue weighted by molar-refractivity contribution is 0.543. The van der Waals surface area contributed by atoms with E-state index in [-0.39, 0.29) is 0 Å². The molecule has 2 heteroatoms. The Morgan fingerprint density at radius 3 is 2.88 bits per heavy atom. The summed E-state index contributed by atoms with van der Waals surface area (Å²) in [6, 6.07) is 10.0. The highest BCUT2D eigenvalue weighted by atomic mass is 15.0. The van der Waals surface area contributed by atoms with Crippen LogP contribution >= 0.6 is 0 Å². The largest absolute Gasteiger partial charge is 0.350 e. The van der Waals surface area contributed by atoms with Crippen molar-refractivity contribution in [2.75, 3.05) is 0 Å². The van der Waals surface area contributed by atoms with E-state index >= 15 is 0 Å². The first kappa shape index (κ1) is 10.8. The summed E-state index contributed by atoms with van der Waals surface area (Å²) < 4.78 is 2.23. The van der Waals surface area contributed by atoms with E-state index in [1.807, 2.05) is 0 Å². The summed E-state index contributed by atoms with van der Waals surface area (Å²) in [5.74, 6) is 0. The standard InChI is InChI=1S/C15H20N2/c1-11(16-13-7-8-13)9-12-10-17(2)15-6-4-3-5-14(12)15/h3-6,10-11,13,16H,7-9H2,1-2H3. The molecule has 2 aromatic rings. The molecule has 1 N–H and O–H groups in total. The summed E-state index contributed by atoms with van der Waals surface area (Å²) in [5, 5.41) is 5.07. The van der Waals surface area contributed by atoms with Crippen LogP contribution in [0.4, 0.5) is 0 Å². The van der Waals surface area contributed by atoms with Gasteiger partial charge in [0.1, 0.15) is 0 Å². The van der Waals surface area contributed by atoms with Crippen LogP contribution in [0.5, 0.6) is 0 Å². The first-order chi connectivity index (χ1) is 8.24. The van der Waals surface area contributed by atoms with Gasteiger partial charge < -0.3 is 9.88 Å². The van der Waals surface area contributed by atoms with Crippen molar-refractivity contribution < 1.29 is 0 Å². The smallest absolute Gasteiger partial charge is 0.0480 e. The molecule has 1 fully saturated rings. The fraction of sp³-hybridized carbons (Fsp3) is 0.467. The lowest BCUT2D eigenvalue weighted by Crippen LogP contribution is -2.29.